The van der Waals surface area contributed by atoms with Crippen molar-refractivity contribution >= 4 is 55.7 Å². The van der Waals surface area contributed by atoms with E-state index in [2.05, 4.69) is 46.8 Å². The van der Waals surface area contributed by atoms with Crippen LogP contribution in [0.15, 0.2) is 82.7 Å². The Morgan fingerprint density at radius 2 is 1.83 bits per heavy atom. The summed E-state index contributed by atoms with van der Waals surface area (Å²) in [5, 5.41) is 2.05. The Hall–Kier alpha value is -2.83. The highest BCUT2D eigenvalue weighted by Crippen LogP contribution is 2.35. The van der Waals surface area contributed by atoms with E-state index >= 15 is 0 Å². The molecule has 0 spiro atoms. The zero-order valence-electron chi connectivity index (χ0n) is 16.0. The van der Waals surface area contributed by atoms with Crippen LogP contribution < -0.4 is 4.74 Å². The summed E-state index contributed by atoms with van der Waals surface area (Å²) in [5.74, 6) is 0.326. The van der Waals surface area contributed by atoms with Crippen LogP contribution in [0.3, 0.4) is 0 Å². The minimum atomic E-state index is -0.314. The van der Waals surface area contributed by atoms with Crippen LogP contribution in [0.1, 0.15) is 11.1 Å². The number of ether oxygens (including phenoxy) is 1. The average Bonchev–Trinajstić information content (AvgIpc) is 3.01. The molecule has 1 aliphatic heterocycles. The number of amides is 2. The van der Waals surface area contributed by atoms with E-state index in [1.54, 1.807) is 6.08 Å². The number of nitrogens with zero attached hydrogens (tertiary/aromatic N) is 1. The first-order valence-electron chi connectivity index (χ1n) is 9.31. The molecule has 0 aromatic heterocycles. The summed E-state index contributed by atoms with van der Waals surface area (Å²) in [6, 6.07) is 20.0. The second-order valence-corrected chi connectivity index (χ2v) is 8.64. The van der Waals surface area contributed by atoms with Gasteiger partial charge in [-0.1, -0.05) is 58.4 Å². The van der Waals surface area contributed by atoms with Crippen molar-refractivity contribution in [1.29, 1.82) is 0 Å². The van der Waals surface area contributed by atoms with Gasteiger partial charge in [-0.2, -0.15) is 0 Å². The number of carbonyl (C=O) groups excluding carboxylic acids is 2. The average molecular weight is 480 g/mol. The SMILES string of the molecule is C=CCN1C(=O)S/C(=C/c2cc(Br)ccc2OCc2ccc3ccccc3c2)C1=O. The highest BCUT2D eigenvalue weighted by molar-refractivity contribution is 9.10. The molecule has 0 bridgehead atoms. The summed E-state index contributed by atoms with van der Waals surface area (Å²) in [6.07, 6.45) is 3.24. The molecule has 3 aromatic carbocycles. The zero-order valence-corrected chi connectivity index (χ0v) is 18.4. The fourth-order valence-electron chi connectivity index (χ4n) is 3.18. The lowest BCUT2D eigenvalue weighted by atomic mass is 10.1. The van der Waals surface area contributed by atoms with E-state index in [-0.39, 0.29) is 17.7 Å². The number of fused-ring (bicyclic) bond motifs is 1. The number of carbonyl (C=O) groups is 2. The molecule has 1 fully saturated rings. The van der Waals surface area contributed by atoms with Crippen molar-refractivity contribution < 1.29 is 14.3 Å². The molecule has 0 unspecified atom stereocenters. The Kier molecular flexibility index (Phi) is 6.06. The molecule has 0 radical (unpaired) electrons. The molecular weight excluding hydrogens is 462 g/mol. The van der Waals surface area contributed by atoms with Crippen molar-refractivity contribution in [2.75, 3.05) is 6.54 Å². The molecular formula is C24H18BrNO3S. The normalized spacial score (nSPS) is 15.2. The third-order valence-corrected chi connectivity index (χ3v) is 6.05. The molecule has 4 nitrogen and oxygen atoms in total. The van der Waals surface area contributed by atoms with Gasteiger partial charge >= 0.3 is 0 Å². The summed E-state index contributed by atoms with van der Waals surface area (Å²) < 4.78 is 6.93. The van der Waals surface area contributed by atoms with Gasteiger partial charge in [-0.05, 0) is 58.4 Å². The number of rotatable bonds is 6. The third kappa shape index (κ3) is 4.35. The fourth-order valence-corrected chi connectivity index (χ4v) is 4.40. The van der Waals surface area contributed by atoms with Gasteiger partial charge in [0.05, 0.1) is 4.91 Å². The Balaban J connectivity index is 1.58. The molecule has 4 rings (SSSR count). The predicted octanol–water partition coefficient (Wildman–Crippen LogP) is 6.40. The highest BCUT2D eigenvalue weighted by atomic mass is 79.9. The predicted molar refractivity (Wildman–Crippen MR) is 125 cm³/mol. The molecule has 1 heterocycles. The lowest BCUT2D eigenvalue weighted by Crippen LogP contribution is -2.27. The van der Waals surface area contributed by atoms with Crippen LogP contribution in [0.4, 0.5) is 4.79 Å². The summed E-state index contributed by atoms with van der Waals surface area (Å²) >= 11 is 4.39. The first-order chi connectivity index (χ1) is 14.5. The van der Waals surface area contributed by atoms with Crippen molar-refractivity contribution in [3.8, 4) is 5.75 Å². The second-order valence-electron chi connectivity index (χ2n) is 6.73. The maximum atomic E-state index is 12.5. The van der Waals surface area contributed by atoms with Crippen molar-refractivity contribution in [3.05, 3.63) is 93.8 Å². The summed E-state index contributed by atoms with van der Waals surface area (Å²) in [5.41, 5.74) is 1.78. The molecule has 0 atom stereocenters. The van der Waals surface area contributed by atoms with Crippen molar-refractivity contribution in [2.45, 2.75) is 6.61 Å². The minimum absolute atomic E-state index is 0.200. The third-order valence-electron chi connectivity index (χ3n) is 4.65. The maximum Gasteiger partial charge on any atom is 0.293 e. The van der Waals surface area contributed by atoms with Crippen LogP contribution in [0.2, 0.25) is 0 Å². The molecule has 3 aromatic rings. The van der Waals surface area contributed by atoms with Crippen molar-refractivity contribution in [2.24, 2.45) is 0 Å². The molecule has 6 heteroatoms. The van der Waals surface area contributed by atoms with Crippen LogP contribution in [0.5, 0.6) is 5.75 Å². The summed E-state index contributed by atoms with van der Waals surface area (Å²) in [6.45, 7) is 4.19. The highest BCUT2D eigenvalue weighted by Gasteiger charge is 2.34. The fraction of sp³-hybridized carbons (Fsp3) is 0.0833. The first kappa shape index (κ1) is 20.4. The summed E-state index contributed by atoms with van der Waals surface area (Å²) in [4.78, 5) is 26.2. The van der Waals surface area contributed by atoms with Crippen molar-refractivity contribution in [3.63, 3.8) is 0 Å². The van der Waals surface area contributed by atoms with Gasteiger partial charge in [0, 0.05) is 16.6 Å². The van der Waals surface area contributed by atoms with Gasteiger partial charge in [-0.3, -0.25) is 14.5 Å². The van der Waals surface area contributed by atoms with Crippen LogP contribution >= 0.6 is 27.7 Å². The number of halogens is 1. The smallest absolute Gasteiger partial charge is 0.293 e. The summed E-state index contributed by atoms with van der Waals surface area (Å²) in [7, 11) is 0. The number of imide groups is 1. The van der Waals surface area contributed by atoms with Gasteiger partial charge in [0.25, 0.3) is 11.1 Å². The Morgan fingerprint density at radius 3 is 2.63 bits per heavy atom. The van der Waals surface area contributed by atoms with Crippen LogP contribution in [0.25, 0.3) is 16.8 Å². The Morgan fingerprint density at radius 1 is 1.03 bits per heavy atom. The van der Waals surface area contributed by atoms with Crippen LogP contribution in [0, 0.1) is 0 Å². The lowest BCUT2D eigenvalue weighted by Gasteiger charge is -2.11. The molecule has 150 valence electrons. The number of hydrogen-bond acceptors (Lipinski definition) is 4. The molecule has 0 saturated carbocycles. The van der Waals surface area contributed by atoms with E-state index in [1.165, 1.54) is 16.4 Å². The van der Waals surface area contributed by atoms with E-state index < -0.39 is 0 Å². The van der Waals surface area contributed by atoms with Crippen molar-refractivity contribution in [1.82, 2.24) is 4.90 Å². The zero-order chi connectivity index (χ0) is 21.1. The van der Waals surface area contributed by atoms with Gasteiger partial charge < -0.3 is 4.74 Å². The lowest BCUT2D eigenvalue weighted by molar-refractivity contribution is -0.122. The van der Waals surface area contributed by atoms with E-state index in [9.17, 15) is 9.59 Å². The van der Waals surface area contributed by atoms with Crippen LogP contribution in [-0.2, 0) is 11.4 Å². The topological polar surface area (TPSA) is 46.6 Å². The number of hydrogen-bond donors (Lipinski definition) is 0. The van der Waals surface area contributed by atoms with Gasteiger partial charge in [0.15, 0.2) is 0 Å². The largest absolute Gasteiger partial charge is 0.488 e. The molecule has 0 N–H and O–H groups in total. The minimum Gasteiger partial charge on any atom is -0.488 e. The maximum absolute atomic E-state index is 12.5. The standard InChI is InChI=1S/C24H18BrNO3S/c1-2-11-26-23(27)22(30-24(26)28)14-19-13-20(25)9-10-21(19)29-15-16-7-8-17-5-3-4-6-18(17)12-16/h2-10,12-14H,1,11,15H2/b22-14+. The van der Waals surface area contributed by atoms with Gasteiger partial charge in [0.1, 0.15) is 12.4 Å². The van der Waals surface area contributed by atoms with Gasteiger partial charge in [-0.25, -0.2) is 0 Å². The van der Waals surface area contributed by atoms with E-state index in [1.807, 2.05) is 36.4 Å². The number of thioether (sulfide) groups is 1. The van der Waals surface area contributed by atoms with E-state index in [0.717, 1.165) is 32.7 Å². The Bertz CT molecular complexity index is 1190. The second kappa shape index (κ2) is 8.90. The molecule has 1 aliphatic rings. The number of benzene rings is 3. The molecule has 30 heavy (non-hydrogen) atoms. The van der Waals surface area contributed by atoms with E-state index in [0.29, 0.717) is 17.3 Å². The monoisotopic (exact) mass is 479 g/mol. The van der Waals surface area contributed by atoms with Crippen LogP contribution in [-0.4, -0.2) is 22.6 Å². The molecule has 0 aliphatic carbocycles. The van der Waals surface area contributed by atoms with Gasteiger partial charge in [0.2, 0.25) is 0 Å². The Labute approximate surface area is 187 Å². The molecule has 1 saturated heterocycles. The quantitative estimate of drug-likeness (QED) is 0.303. The van der Waals surface area contributed by atoms with Gasteiger partial charge in [-0.15, -0.1) is 6.58 Å². The molecule has 2 amide bonds. The van der Waals surface area contributed by atoms with E-state index in [4.69, 9.17) is 4.74 Å². The first-order valence-corrected chi connectivity index (χ1v) is 10.9.